The van der Waals surface area contributed by atoms with E-state index in [0.29, 0.717) is 32.1 Å². The second-order valence-electron chi connectivity index (χ2n) is 6.60. The van der Waals surface area contributed by atoms with Crippen LogP contribution in [0.4, 0.5) is 0 Å². The zero-order valence-electron chi connectivity index (χ0n) is 16.1. The predicted molar refractivity (Wildman–Crippen MR) is 107 cm³/mol. The molecule has 9 heteroatoms. The molecule has 0 aliphatic carbocycles. The van der Waals surface area contributed by atoms with Crippen molar-refractivity contribution in [3.05, 3.63) is 72.2 Å². The minimum atomic E-state index is -3.61. The maximum Gasteiger partial charge on any atom is 0.338 e. The molecule has 1 aliphatic rings. The normalized spacial score (nSPS) is 15.1. The molecule has 1 fully saturated rings. The van der Waals surface area contributed by atoms with Crippen LogP contribution in [0.25, 0.3) is 11.3 Å². The Kier molecular flexibility index (Phi) is 5.93. The SMILES string of the molecule is O=C(OCc1ncc(-c2ccccc2)o1)c1ccc(S(=O)(=O)N2CCOCC2)cc1. The number of benzene rings is 2. The first-order valence-corrected chi connectivity index (χ1v) is 10.8. The Hall–Kier alpha value is -3.01. The monoisotopic (exact) mass is 428 g/mol. The van der Waals surface area contributed by atoms with Crippen molar-refractivity contribution in [3.63, 3.8) is 0 Å². The molecule has 156 valence electrons. The molecule has 0 amide bonds. The minimum Gasteiger partial charge on any atom is -0.452 e. The number of esters is 1. The molecule has 0 radical (unpaired) electrons. The lowest BCUT2D eigenvalue weighted by Gasteiger charge is -2.26. The first-order valence-electron chi connectivity index (χ1n) is 9.39. The molecule has 0 spiro atoms. The Morgan fingerprint density at radius 2 is 1.73 bits per heavy atom. The van der Waals surface area contributed by atoms with Gasteiger partial charge in [0, 0.05) is 18.7 Å². The van der Waals surface area contributed by atoms with Crippen LogP contribution in [0.3, 0.4) is 0 Å². The van der Waals surface area contributed by atoms with E-state index >= 15 is 0 Å². The molecule has 0 saturated carbocycles. The van der Waals surface area contributed by atoms with Crippen LogP contribution in [0.15, 0.2) is 70.1 Å². The zero-order valence-corrected chi connectivity index (χ0v) is 16.9. The molecule has 8 nitrogen and oxygen atoms in total. The molecule has 1 aliphatic heterocycles. The quantitative estimate of drug-likeness (QED) is 0.557. The van der Waals surface area contributed by atoms with Crippen LogP contribution in [-0.4, -0.2) is 50.0 Å². The second kappa shape index (κ2) is 8.78. The highest BCUT2D eigenvalue weighted by Gasteiger charge is 2.26. The van der Waals surface area contributed by atoms with Crippen molar-refractivity contribution in [2.75, 3.05) is 26.3 Å². The van der Waals surface area contributed by atoms with Gasteiger partial charge in [0.15, 0.2) is 12.4 Å². The van der Waals surface area contributed by atoms with Gasteiger partial charge in [0.2, 0.25) is 15.9 Å². The van der Waals surface area contributed by atoms with Crippen molar-refractivity contribution in [2.24, 2.45) is 0 Å². The van der Waals surface area contributed by atoms with E-state index in [1.165, 1.54) is 28.6 Å². The van der Waals surface area contributed by atoms with Crippen molar-refractivity contribution >= 4 is 16.0 Å². The van der Waals surface area contributed by atoms with Crippen molar-refractivity contribution in [1.29, 1.82) is 0 Å². The highest BCUT2D eigenvalue weighted by molar-refractivity contribution is 7.89. The molecule has 0 bridgehead atoms. The smallest absolute Gasteiger partial charge is 0.338 e. The van der Waals surface area contributed by atoms with Gasteiger partial charge in [0.25, 0.3) is 0 Å². The van der Waals surface area contributed by atoms with E-state index in [4.69, 9.17) is 13.9 Å². The van der Waals surface area contributed by atoms with Crippen molar-refractivity contribution in [3.8, 4) is 11.3 Å². The van der Waals surface area contributed by atoms with E-state index < -0.39 is 16.0 Å². The van der Waals surface area contributed by atoms with Crippen LogP contribution in [0.5, 0.6) is 0 Å². The Balaban J connectivity index is 1.38. The van der Waals surface area contributed by atoms with E-state index in [1.54, 1.807) is 6.20 Å². The summed E-state index contributed by atoms with van der Waals surface area (Å²) in [7, 11) is -3.61. The summed E-state index contributed by atoms with van der Waals surface area (Å²) in [6.07, 6.45) is 1.57. The van der Waals surface area contributed by atoms with E-state index in [1.807, 2.05) is 30.3 Å². The summed E-state index contributed by atoms with van der Waals surface area (Å²) in [5, 5.41) is 0. The number of rotatable bonds is 6. The van der Waals surface area contributed by atoms with Gasteiger partial charge in [-0.3, -0.25) is 0 Å². The molecule has 4 rings (SSSR count). The van der Waals surface area contributed by atoms with Gasteiger partial charge in [0.1, 0.15) is 0 Å². The summed E-state index contributed by atoms with van der Waals surface area (Å²) >= 11 is 0. The molecule has 3 aromatic rings. The molecule has 0 unspecified atom stereocenters. The van der Waals surface area contributed by atoms with Gasteiger partial charge in [-0.2, -0.15) is 4.31 Å². The number of hydrogen-bond donors (Lipinski definition) is 0. The highest BCUT2D eigenvalue weighted by Crippen LogP contribution is 2.21. The Morgan fingerprint density at radius 1 is 1.03 bits per heavy atom. The minimum absolute atomic E-state index is 0.126. The number of oxazole rings is 1. The molecular formula is C21H20N2O6S. The average molecular weight is 428 g/mol. The summed E-state index contributed by atoms with van der Waals surface area (Å²) in [4.78, 5) is 16.5. The Labute approximate surface area is 174 Å². The molecular weight excluding hydrogens is 408 g/mol. The molecule has 2 aromatic carbocycles. The number of ether oxygens (including phenoxy) is 2. The molecule has 0 N–H and O–H groups in total. The number of morpholine rings is 1. The summed E-state index contributed by atoms with van der Waals surface area (Å²) in [6.45, 7) is 1.24. The summed E-state index contributed by atoms with van der Waals surface area (Å²) in [5.41, 5.74) is 1.12. The van der Waals surface area contributed by atoms with E-state index in [2.05, 4.69) is 4.98 Å². The number of carbonyl (C=O) groups excluding carboxylic acids is 1. The van der Waals surface area contributed by atoms with Gasteiger partial charge in [-0.1, -0.05) is 30.3 Å². The summed E-state index contributed by atoms with van der Waals surface area (Å²) < 4.78 is 42.7. The number of hydrogen-bond acceptors (Lipinski definition) is 7. The zero-order chi connectivity index (χ0) is 21.0. The lowest BCUT2D eigenvalue weighted by molar-refractivity contribution is 0.0439. The van der Waals surface area contributed by atoms with Crippen molar-refractivity contribution in [1.82, 2.24) is 9.29 Å². The lowest BCUT2D eigenvalue weighted by Crippen LogP contribution is -2.40. The maximum atomic E-state index is 12.6. The third-order valence-electron chi connectivity index (χ3n) is 4.64. The molecule has 1 aromatic heterocycles. The summed E-state index contributed by atoms with van der Waals surface area (Å²) in [6, 6.07) is 15.1. The van der Waals surface area contributed by atoms with E-state index in [-0.39, 0.29) is 23.0 Å². The number of carbonyl (C=O) groups is 1. The average Bonchev–Trinajstić information content (AvgIpc) is 3.28. The number of nitrogens with zero attached hydrogens (tertiary/aromatic N) is 2. The van der Waals surface area contributed by atoms with Crippen molar-refractivity contribution < 1.29 is 27.1 Å². The molecule has 0 atom stereocenters. The third kappa shape index (κ3) is 4.43. The van der Waals surface area contributed by atoms with Crippen LogP contribution >= 0.6 is 0 Å². The van der Waals surface area contributed by atoms with Gasteiger partial charge in [-0.05, 0) is 24.3 Å². The van der Waals surface area contributed by atoms with E-state index in [9.17, 15) is 13.2 Å². The van der Waals surface area contributed by atoms with Gasteiger partial charge in [-0.25, -0.2) is 18.2 Å². The molecule has 2 heterocycles. The van der Waals surface area contributed by atoms with Crippen LogP contribution in [0, 0.1) is 0 Å². The van der Waals surface area contributed by atoms with Crippen LogP contribution < -0.4 is 0 Å². The maximum absolute atomic E-state index is 12.6. The van der Waals surface area contributed by atoms with Gasteiger partial charge >= 0.3 is 5.97 Å². The van der Waals surface area contributed by atoms with E-state index in [0.717, 1.165) is 5.56 Å². The van der Waals surface area contributed by atoms with Gasteiger partial charge in [0.05, 0.1) is 29.9 Å². The van der Waals surface area contributed by atoms with Gasteiger partial charge < -0.3 is 13.9 Å². The molecule has 1 saturated heterocycles. The topological polar surface area (TPSA) is 98.9 Å². The first-order chi connectivity index (χ1) is 14.5. The van der Waals surface area contributed by atoms with Gasteiger partial charge in [-0.15, -0.1) is 0 Å². The fourth-order valence-corrected chi connectivity index (χ4v) is 4.43. The first kappa shape index (κ1) is 20.3. The largest absolute Gasteiger partial charge is 0.452 e. The molecule has 30 heavy (non-hydrogen) atoms. The lowest BCUT2D eigenvalue weighted by atomic mass is 10.2. The predicted octanol–water partition coefficient (Wildman–Crippen LogP) is 2.72. The van der Waals surface area contributed by atoms with Crippen LogP contribution in [0.2, 0.25) is 0 Å². The Bertz CT molecular complexity index is 1100. The Morgan fingerprint density at radius 3 is 2.43 bits per heavy atom. The number of aromatic nitrogens is 1. The third-order valence-corrected chi connectivity index (χ3v) is 6.55. The van der Waals surface area contributed by atoms with Crippen LogP contribution in [-0.2, 0) is 26.1 Å². The number of sulfonamides is 1. The fourth-order valence-electron chi connectivity index (χ4n) is 3.02. The fraction of sp³-hybridized carbons (Fsp3) is 0.238. The second-order valence-corrected chi connectivity index (χ2v) is 8.54. The van der Waals surface area contributed by atoms with Crippen molar-refractivity contribution in [2.45, 2.75) is 11.5 Å². The van der Waals surface area contributed by atoms with Crippen LogP contribution in [0.1, 0.15) is 16.2 Å². The highest BCUT2D eigenvalue weighted by atomic mass is 32.2. The standard InChI is InChI=1S/C21H20N2O6S/c24-21(28-15-20-22-14-19(29-20)16-4-2-1-3-5-16)17-6-8-18(9-7-17)30(25,26)23-10-12-27-13-11-23/h1-9,14H,10-13,15H2. The summed E-state index contributed by atoms with van der Waals surface area (Å²) in [5.74, 6) is 0.262.